The van der Waals surface area contributed by atoms with Gasteiger partial charge < -0.3 is 5.32 Å². The van der Waals surface area contributed by atoms with Crippen LogP contribution in [-0.2, 0) is 6.42 Å². The number of hydrogen-bond acceptors (Lipinski definition) is 3. The second kappa shape index (κ2) is 6.41. The summed E-state index contributed by atoms with van der Waals surface area (Å²) in [6.45, 7) is 0.647. The summed E-state index contributed by atoms with van der Waals surface area (Å²) >= 11 is 9.30. The van der Waals surface area contributed by atoms with E-state index >= 15 is 0 Å². The van der Waals surface area contributed by atoms with Gasteiger partial charge in [0.05, 0.1) is 3.79 Å². The van der Waals surface area contributed by atoms with Gasteiger partial charge in [-0.05, 0) is 58.7 Å². The lowest BCUT2D eigenvalue weighted by molar-refractivity contribution is 0.0954. The number of nitrogens with one attached hydrogen (secondary N) is 1. The van der Waals surface area contributed by atoms with Crippen LogP contribution in [0.3, 0.4) is 0 Å². The van der Waals surface area contributed by atoms with Gasteiger partial charge >= 0.3 is 0 Å². The van der Waals surface area contributed by atoms with Crippen molar-refractivity contribution in [3.8, 4) is 0 Å². The predicted octanol–water partition coefficient (Wildman–Crippen LogP) is 3.77. The Hall–Kier alpha value is -0.780. The normalized spacial score (nSPS) is 10.3. The van der Waals surface area contributed by atoms with Crippen LogP contribution in [0.15, 0.2) is 45.1 Å². The van der Waals surface area contributed by atoms with Crippen LogP contribution in [0, 0.1) is 0 Å². The number of rotatable bonds is 4. The van der Waals surface area contributed by atoms with E-state index in [1.165, 1.54) is 4.88 Å². The highest BCUT2D eigenvalue weighted by Crippen LogP contribution is 2.22. The molecule has 5 heteroatoms. The zero-order valence-electron chi connectivity index (χ0n) is 9.52. The third-order valence-electron chi connectivity index (χ3n) is 2.42. The Balaban J connectivity index is 1.83. The fourth-order valence-electron chi connectivity index (χ4n) is 1.50. The summed E-state index contributed by atoms with van der Waals surface area (Å²) in [6, 6.07) is 11.3. The van der Waals surface area contributed by atoms with E-state index < -0.39 is 0 Å². The van der Waals surface area contributed by atoms with Gasteiger partial charge in [0.1, 0.15) is 0 Å². The van der Waals surface area contributed by atoms with Crippen LogP contribution in [0.2, 0.25) is 0 Å². The molecule has 0 atom stereocenters. The van der Waals surface area contributed by atoms with E-state index in [1.807, 2.05) is 18.2 Å². The Morgan fingerprint density at radius 2 is 1.94 bits per heavy atom. The van der Waals surface area contributed by atoms with Crippen LogP contribution in [-0.4, -0.2) is 12.5 Å². The van der Waals surface area contributed by atoms with Crippen molar-refractivity contribution in [3.05, 3.63) is 50.6 Å². The van der Waals surface area contributed by atoms with E-state index in [1.54, 1.807) is 23.5 Å². The summed E-state index contributed by atoms with van der Waals surface area (Å²) in [5.41, 5.74) is 0.667. The minimum atomic E-state index is -0.0426. The molecule has 0 aliphatic heterocycles. The lowest BCUT2D eigenvalue weighted by Gasteiger charge is -2.04. The molecule has 0 spiro atoms. The predicted molar refractivity (Wildman–Crippen MR) is 81.8 cm³/mol. The van der Waals surface area contributed by atoms with E-state index in [0.717, 1.165) is 15.1 Å². The van der Waals surface area contributed by atoms with Crippen molar-refractivity contribution in [2.45, 2.75) is 11.3 Å². The molecule has 0 aliphatic carbocycles. The number of thiol groups is 1. The molecule has 0 unspecified atom stereocenters. The molecule has 0 saturated heterocycles. The van der Waals surface area contributed by atoms with Gasteiger partial charge in [0.2, 0.25) is 0 Å². The molecule has 1 heterocycles. The zero-order chi connectivity index (χ0) is 13.0. The fourth-order valence-corrected chi connectivity index (χ4v) is 3.13. The molecule has 0 radical (unpaired) electrons. The number of carbonyl (C=O) groups is 1. The van der Waals surface area contributed by atoms with Crippen molar-refractivity contribution in [1.29, 1.82) is 0 Å². The van der Waals surface area contributed by atoms with Crippen LogP contribution in [0.4, 0.5) is 0 Å². The summed E-state index contributed by atoms with van der Waals surface area (Å²) in [5.74, 6) is -0.0426. The van der Waals surface area contributed by atoms with E-state index in [2.05, 4.69) is 39.9 Å². The van der Waals surface area contributed by atoms with Gasteiger partial charge in [-0.25, -0.2) is 0 Å². The maximum absolute atomic E-state index is 11.8. The number of amides is 1. The minimum Gasteiger partial charge on any atom is -0.352 e. The van der Waals surface area contributed by atoms with Crippen LogP contribution >= 0.6 is 39.9 Å². The highest BCUT2D eigenvalue weighted by Gasteiger charge is 2.04. The molecule has 1 N–H and O–H groups in total. The van der Waals surface area contributed by atoms with Gasteiger partial charge in [-0.1, -0.05) is 0 Å². The average Bonchev–Trinajstić information content (AvgIpc) is 2.76. The molecule has 2 nitrogen and oxygen atoms in total. The van der Waals surface area contributed by atoms with Crippen molar-refractivity contribution in [3.63, 3.8) is 0 Å². The lowest BCUT2D eigenvalue weighted by atomic mass is 10.2. The summed E-state index contributed by atoms with van der Waals surface area (Å²) in [6.07, 6.45) is 0.854. The van der Waals surface area contributed by atoms with Crippen molar-refractivity contribution in [1.82, 2.24) is 5.32 Å². The minimum absolute atomic E-state index is 0.0426. The van der Waals surface area contributed by atoms with E-state index in [-0.39, 0.29) is 5.91 Å². The molecular formula is C13H12BrNOS2. The second-order valence-corrected chi connectivity index (χ2v) is 6.82. The van der Waals surface area contributed by atoms with Crippen molar-refractivity contribution in [2.24, 2.45) is 0 Å². The molecule has 2 rings (SSSR count). The second-order valence-electron chi connectivity index (χ2n) is 3.76. The molecule has 94 valence electrons. The first-order chi connectivity index (χ1) is 8.65. The molecule has 0 saturated carbocycles. The average molecular weight is 342 g/mol. The summed E-state index contributed by atoms with van der Waals surface area (Å²) in [7, 11) is 0. The number of thiophene rings is 1. The van der Waals surface area contributed by atoms with Gasteiger partial charge in [-0.2, -0.15) is 0 Å². The number of carbonyl (C=O) groups excluding carboxylic acids is 1. The van der Waals surface area contributed by atoms with Crippen LogP contribution < -0.4 is 5.32 Å². The lowest BCUT2D eigenvalue weighted by Crippen LogP contribution is -2.25. The molecular weight excluding hydrogens is 330 g/mol. The van der Waals surface area contributed by atoms with Crippen molar-refractivity contribution in [2.75, 3.05) is 6.54 Å². The molecule has 0 fully saturated rings. The third kappa shape index (κ3) is 3.86. The van der Waals surface area contributed by atoms with Gasteiger partial charge in [-0.15, -0.1) is 24.0 Å². The summed E-state index contributed by atoms with van der Waals surface area (Å²) in [4.78, 5) is 13.9. The monoisotopic (exact) mass is 341 g/mol. The first kappa shape index (κ1) is 13.6. The first-order valence-electron chi connectivity index (χ1n) is 5.46. The van der Waals surface area contributed by atoms with E-state index in [4.69, 9.17) is 0 Å². The molecule has 0 bridgehead atoms. The Labute approximate surface area is 124 Å². The standard InChI is InChI=1S/C13H12BrNOS2/c14-12-6-5-11(18-12)7-8-15-13(16)9-1-3-10(17)4-2-9/h1-6,17H,7-8H2,(H,15,16). The molecule has 0 aliphatic rings. The highest BCUT2D eigenvalue weighted by molar-refractivity contribution is 9.11. The summed E-state index contributed by atoms with van der Waals surface area (Å²) in [5, 5.41) is 2.90. The number of halogens is 1. The maximum atomic E-state index is 11.8. The number of benzene rings is 1. The van der Waals surface area contributed by atoms with E-state index in [9.17, 15) is 4.79 Å². The summed E-state index contributed by atoms with van der Waals surface area (Å²) < 4.78 is 1.12. The Morgan fingerprint density at radius 3 is 2.56 bits per heavy atom. The SMILES string of the molecule is O=C(NCCc1ccc(Br)s1)c1ccc(S)cc1. The first-order valence-corrected chi connectivity index (χ1v) is 7.52. The molecule has 1 amide bonds. The smallest absolute Gasteiger partial charge is 0.251 e. The third-order valence-corrected chi connectivity index (χ3v) is 4.40. The zero-order valence-corrected chi connectivity index (χ0v) is 12.8. The quantitative estimate of drug-likeness (QED) is 0.814. The van der Waals surface area contributed by atoms with Crippen LogP contribution in [0.1, 0.15) is 15.2 Å². The van der Waals surface area contributed by atoms with Gasteiger partial charge in [0.15, 0.2) is 0 Å². The fraction of sp³-hybridized carbons (Fsp3) is 0.154. The van der Waals surface area contributed by atoms with Crippen LogP contribution in [0.5, 0.6) is 0 Å². The van der Waals surface area contributed by atoms with Crippen molar-refractivity contribution < 1.29 is 4.79 Å². The molecule has 18 heavy (non-hydrogen) atoms. The van der Waals surface area contributed by atoms with Gasteiger partial charge in [0, 0.05) is 21.9 Å². The van der Waals surface area contributed by atoms with E-state index in [0.29, 0.717) is 12.1 Å². The Bertz CT molecular complexity index is 536. The molecule has 1 aromatic carbocycles. The number of hydrogen-bond donors (Lipinski definition) is 2. The molecule has 1 aromatic heterocycles. The van der Waals surface area contributed by atoms with Gasteiger partial charge in [-0.3, -0.25) is 4.79 Å². The molecule has 2 aromatic rings. The Morgan fingerprint density at radius 1 is 1.22 bits per heavy atom. The van der Waals surface area contributed by atoms with Gasteiger partial charge in [0.25, 0.3) is 5.91 Å². The largest absolute Gasteiger partial charge is 0.352 e. The highest BCUT2D eigenvalue weighted by atomic mass is 79.9. The maximum Gasteiger partial charge on any atom is 0.251 e. The Kier molecular flexibility index (Phi) is 4.86. The van der Waals surface area contributed by atoms with Crippen molar-refractivity contribution >= 4 is 45.8 Å². The topological polar surface area (TPSA) is 29.1 Å². The van der Waals surface area contributed by atoms with Crippen LogP contribution in [0.25, 0.3) is 0 Å².